The van der Waals surface area contributed by atoms with E-state index in [9.17, 15) is 18.0 Å². The number of rotatable bonds is 3. The maximum Gasteiger partial charge on any atom is 0.233 e. The van der Waals surface area contributed by atoms with Crippen LogP contribution in [0.15, 0.2) is 46.8 Å². The maximum absolute atomic E-state index is 11.9. The van der Waals surface area contributed by atoms with Crippen molar-refractivity contribution < 1.29 is 18.0 Å². The third-order valence-electron chi connectivity index (χ3n) is 2.55. The van der Waals surface area contributed by atoms with Gasteiger partial charge in [0, 0.05) is 19.0 Å². The summed E-state index contributed by atoms with van der Waals surface area (Å²) in [6.45, 7) is 0. The van der Waals surface area contributed by atoms with Crippen LogP contribution in [0.1, 0.15) is 12.8 Å². The second-order valence-electron chi connectivity index (χ2n) is 3.80. The first-order valence-electron chi connectivity index (χ1n) is 5.34. The molecule has 1 fully saturated rings. The average Bonchev–Trinajstić information content (AvgIpc) is 2.68. The summed E-state index contributed by atoms with van der Waals surface area (Å²) in [5.74, 6) is -0.751. The van der Waals surface area contributed by atoms with E-state index in [1.807, 2.05) is 0 Å². The average molecular weight is 265 g/mol. The number of carbonyl (C=O) groups is 2. The van der Waals surface area contributed by atoms with Gasteiger partial charge in [0.1, 0.15) is 0 Å². The largest absolute Gasteiger partial charge is 0.274 e. The van der Waals surface area contributed by atoms with Gasteiger partial charge in [-0.3, -0.25) is 14.5 Å². The van der Waals surface area contributed by atoms with Gasteiger partial charge in [-0.25, -0.2) is 8.42 Å². The number of amides is 2. The van der Waals surface area contributed by atoms with Gasteiger partial charge in [0.05, 0.1) is 10.3 Å². The number of benzene rings is 1. The van der Waals surface area contributed by atoms with Crippen molar-refractivity contribution in [3.63, 3.8) is 0 Å². The Balaban J connectivity index is 2.24. The maximum atomic E-state index is 11.9. The summed E-state index contributed by atoms with van der Waals surface area (Å²) in [7, 11) is -3.62. The molecule has 0 unspecified atom stereocenters. The molecule has 1 saturated heterocycles. The lowest BCUT2D eigenvalue weighted by molar-refractivity contribution is -0.135. The highest BCUT2D eigenvalue weighted by Crippen LogP contribution is 2.15. The highest BCUT2D eigenvalue weighted by atomic mass is 32.2. The molecular formula is C12H11NO4S. The van der Waals surface area contributed by atoms with Gasteiger partial charge in [0.25, 0.3) is 0 Å². The van der Waals surface area contributed by atoms with Gasteiger partial charge in [-0.05, 0) is 12.1 Å². The summed E-state index contributed by atoms with van der Waals surface area (Å²) in [6, 6.07) is 7.82. The quantitative estimate of drug-likeness (QED) is 0.767. The second kappa shape index (κ2) is 4.73. The fourth-order valence-corrected chi connectivity index (χ4v) is 2.57. The summed E-state index contributed by atoms with van der Waals surface area (Å²) in [5.41, 5.74) is 0. The molecule has 1 aromatic carbocycles. The molecule has 0 bridgehead atoms. The zero-order valence-electron chi connectivity index (χ0n) is 9.44. The standard InChI is InChI=1S/C12H11NO4S/c14-11-6-7-12(15)13(11)8-9-18(16,17)10-4-2-1-3-5-10/h1-5,8-9H,6-7H2/b9-8+. The van der Waals surface area contributed by atoms with Crippen molar-refractivity contribution in [1.29, 1.82) is 0 Å². The molecular weight excluding hydrogens is 254 g/mol. The number of likely N-dealkylation sites (tertiary alicyclic amines) is 1. The Morgan fingerprint density at radius 3 is 2.11 bits per heavy atom. The molecule has 0 aromatic heterocycles. The molecule has 0 atom stereocenters. The molecule has 1 aliphatic rings. The lowest BCUT2D eigenvalue weighted by atomic mass is 10.4. The molecule has 1 aromatic rings. The van der Waals surface area contributed by atoms with E-state index in [1.54, 1.807) is 18.2 Å². The van der Waals surface area contributed by atoms with Crippen molar-refractivity contribution in [1.82, 2.24) is 4.90 Å². The normalized spacial score (nSPS) is 16.8. The molecule has 0 N–H and O–H groups in total. The van der Waals surface area contributed by atoms with E-state index in [4.69, 9.17) is 0 Å². The van der Waals surface area contributed by atoms with Gasteiger partial charge in [0.15, 0.2) is 0 Å². The number of carbonyl (C=O) groups excluding carboxylic acids is 2. The van der Waals surface area contributed by atoms with Gasteiger partial charge in [0.2, 0.25) is 21.7 Å². The predicted octanol–water partition coefficient (Wildman–Crippen LogP) is 1.08. The molecule has 0 aliphatic carbocycles. The minimum atomic E-state index is -3.62. The smallest absolute Gasteiger partial charge is 0.233 e. The van der Waals surface area contributed by atoms with E-state index >= 15 is 0 Å². The Morgan fingerprint density at radius 2 is 1.56 bits per heavy atom. The first-order valence-corrected chi connectivity index (χ1v) is 6.88. The number of nitrogens with zero attached hydrogens (tertiary/aromatic N) is 1. The third-order valence-corrected chi connectivity index (χ3v) is 3.96. The second-order valence-corrected chi connectivity index (χ2v) is 5.63. The number of sulfone groups is 1. The van der Waals surface area contributed by atoms with Crippen LogP contribution in [0.3, 0.4) is 0 Å². The fraction of sp³-hybridized carbons (Fsp3) is 0.167. The zero-order valence-corrected chi connectivity index (χ0v) is 10.3. The molecule has 5 nitrogen and oxygen atoms in total. The van der Waals surface area contributed by atoms with Crippen molar-refractivity contribution in [2.24, 2.45) is 0 Å². The first-order chi connectivity index (χ1) is 8.50. The van der Waals surface area contributed by atoms with Crippen LogP contribution >= 0.6 is 0 Å². The molecule has 1 heterocycles. The Hall–Kier alpha value is -1.95. The Bertz CT molecular complexity index is 588. The van der Waals surface area contributed by atoms with Gasteiger partial charge in [-0.1, -0.05) is 18.2 Å². The molecule has 2 rings (SSSR count). The monoisotopic (exact) mass is 265 g/mol. The van der Waals surface area contributed by atoms with Crippen LogP contribution in [0, 0.1) is 0 Å². The van der Waals surface area contributed by atoms with Gasteiger partial charge in [-0.15, -0.1) is 0 Å². The molecule has 6 heteroatoms. The van der Waals surface area contributed by atoms with Crippen LogP contribution in [0.4, 0.5) is 0 Å². The zero-order chi connectivity index (χ0) is 13.2. The lowest BCUT2D eigenvalue weighted by Gasteiger charge is -2.06. The molecule has 0 saturated carbocycles. The van der Waals surface area contributed by atoms with Crippen LogP contribution in [-0.2, 0) is 19.4 Å². The molecule has 18 heavy (non-hydrogen) atoms. The highest BCUT2D eigenvalue weighted by molar-refractivity contribution is 7.94. The van der Waals surface area contributed by atoms with Crippen molar-refractivity contribution in [2.75, 3.05) is 0 Å². The van der Waals surface area contributed by atoms with Crippen molar-refractivity contribution >= 4 is 21.7 Å². The predicted molar refractivity (Wildman–Crippen MR) is 63.9 cm³/mol. The Kier molecular flexibility index (Phi) is 3.29. The molecule has 0 spiro atoms. The van der Waals surface area contributed by atoms with Gasteiger partial charge < -0.3 is 0 Å². The van der Waals surface area contributed by atoms with Crippen LogP contribution in [-0.4, -0.2) is 25.1 Å². The first kappa shape index (κ1) is 12.5. The van der Waals surface area contributed by atoms with Crippen LogP contribution in [0.5, 0.6) is 0 Å². The number of hydrogen-bond acceptors (Lipinski definition) is 4. The van der Waals surface area contributed by atoms with E-state index in [1.165, 1.54) is 12.1 Å². The molecule has 0 radical (unpaired) electrons. The molecule has 2 amide bonds. The summed E-state index contributed by atoms with van der Waals surface area (Å²) < 4.78 is 23.7. The van der Waals surface area contributed by atoms with E-state index < -0.39 is 9.84 Å². The summed E-state index contributed by atoms with van der Waals surface area (Å²) in [6.07, 6.45) is 1.29. The third kappa shape index (κ3) is 2.48. The Morgan fingerprint density at radius 1 is 1.00 bits per heavy atom. The van der Waals surface area contributed by atoms with E-state index in [0.717, 1.165) is 16.5 Å². The van der Waals surface area contributed by atoms with E-state index in [2.05, 4.69) is 0 Å². The summed E-state index contributed by atoms with van der Waals surface area (Å²) in [5, 5.41) is 0.878. The van der Waals surface area contributed by atoms with Crippen LogP contribution in [0.2, 0.25) is 0 Å². The minimum absolute atomic E-state index is 0.125. The van der Waals surface area contributed by atoms with Gasteiger partial charge in [-0.2, -0.15) is 0 Å². The van der Waals surface area contributed by atoms with Crippen LogP contribution < -0.4 is 0 Å². The summed E-state index contributed by atoms with van der Waals surface area (Å²) >= 11 is 0. The minimum Gasteiger partial charge on any atom is -0.274 e. The van der Waals surface area contributed by atoms with E-state index in [-0.39, 0.29) is 29.6 Å². The lowest BCUT2D eigenvalue weighted by Crippen LogP contribution is -2.22. The van der Waals surface area contributed by atoms with E-state index in [0.29, 0.717) is 0 Å². The fourth-order valence-electron chi connectivity index (χ4n) is 1.59. The number of imide groups is 1. The number of hydrogen-bond donors (Lipinski definition) is 0. The molecule has 94 valence electrons. The topological polar surface area (TPSA) is 71.5 Å². The van der Waals surface area contributed by atoms with Crippen molar-refractivity contribution in [3.05, 3.63) is 41.9 Å². The molecule has 1 aliphatic heterocycles. The van der Waals surface area contributed by atoms with Crippen LogP contribution in [0.25, 0.3) is 0 Å². The Labute approximate surface area is 105 Å². The highest BCUT2D eigenvalue weighted by Gasteiger charge is 2.27. The summed E-state index contributed by atoms with van der Waals surface area (Å²) in [4.78, 5) is 23.6. The van der Waals surface area contributed by atoms with Gasteiger partial charge >= 0.3 is 0 Å². The SMILES string of the molecule is O=C1CCC(=O)N1/C=C/S(=O)(=O)c1ccccc1. The van der Waals surface area contributed by atoms with Crippen molar-refractivity contribution in [2.45, 2.75) is 17.7 Å². The van der Waals surface area contributed by atoms with Crippen molar-refractivity contribution in [3.8, 4) is 0 Å².